The number of thioether (sulfide) groups is 2. The van der Waals surface area contributed by atoms with E-state index in [4.69, 9.17) is 0 Å². The van der Waals surface area contributed by atoms with Crippen molar-refractivity contribution in [1.82, 2.24) is 15.3 Å². The minimum Gasteiger partial charge on any atom is -0.309 e. The summed E-state index contributed by atoms with van der Waals surface area (Å²) in [5.41, 5.74) is 1.21. The molecule has 0 saturated carbocycles. The lowest BCUT2D eigenvalue weighted by atomic mass is 10.0. The molecule has 2 heterocycles. The van der Waals surface area contributed by atoms with Crippen molar-refractivity contribution in [3.63, 3.8) is 0 Å². The highest BCUT2D eigenvalue weighted by Crippen LogP contribution is 2.38. The molecule has 3 unspecified atom stereocenters. The molecule has 17 heavy (non-hydrogen) atoms. The molecule has 2 rings (SSSR count). The lowest BCUT2D eigenvalue weighted by Gasteiger charge is -2.34. The Bertz CT molecular complexity index is 334. The highest BCUT2D eigenvalue weighted by atomic mass is 32.2. The van der Waals surface area contributed by atoms with Gasteiger partial charge in [0.25, 0.3) is 0 Å². The van der Waals surface area contributed by atoms with Crippen molar-refractivity contribution >= 4 is 23.5 Å². The highest BCUT2D eigenvalue weighted by molar-refractivity contribution is 8.07. The third kappa shape index (κ3) is 3.36. The summed E-state index contributed by atoms with van der Waals surface area (Å²) in [4.78, 5) is 8.28. The Hall–Kier alpha value is -0.260. The molecule has 94 valence electrons. The second-order valence-electron chi connectivity index (χ2n) is 4.12. The Kier molecular flexibility index (Phi) is 5.13. The third-order valence-corrected chi connectivity index (χ3v) is 6.12. The molecule has 0 bridgehead atoms. The number of nitrogens with one attached hydrogen (secondary N) is 1. The first-order chi connectivity index (χ1) is 8.33. The van der Waals surface area contributed by atoms with E-state index in [1.165, 1.54) is 17.1 Å². The molecule has 1 aromatic heterocycles. The summed E-state index contributed by atoms with van der Waals surface area (Å²) in [5.74, 6) is 2.52. The van der Waals surface area contributed by atoms with Gasteiger partial charge in [-0.3, -0.25) is 0 Å². The van der Waals surface area contributed by atoms with Crippen LogP contribution in [0.2, 0.25) is 0 Å². The monoisotopic (exact) mass is 269 g/mol. The van der Waals surface area contributed by atoms with Gasteiger partial charge in [-0.15, -0.1) is 0 Å². The van der Waals surface area contributed by atoms with Gasteiger partial charge in [0, 0.05) is 46.0 Å². The van der Waals surface area contributed by atoms with E-state index in [1.54, 1.807) is 6.33 Å². The van der Waals surface area contributed by atoms with Crippen LogP contribution in [0.25, 0.3) is 0 Å². The topological polar surface area (TPSA) is 37.8 Å². The third-order valence-electron chi connectivity index (χ3n) is 2.93. The minimum absolute atomic E-state index is 0.369. The summed E-state index contributed by atoms with van der Waals surface area (Å²) < 4.78 is 0. The summed E-state index contributed by atoms with van der Waals surface area (Å²) in [6.07, 6.45) is 5.47. The van der Waals surface area contributed by atoms with E-state index in [9.17, 15) is 0 Å². The Labute approximate surface area is 112 Å². The largest absolute Gasteiger partial charge is 0.309 e. The van der Waals surface area contributed by atoms with Crippen molar-refractivity contribution in [2.24, 2.45) is 0 Å². The van der Waals surface area contributed by atoms with Crippen LogP contribution in [-0.2, 0) is 0 Å². The lowest BCUT2D eigenvalue weighted by Crippen LogP contribution is -2.37. The van der Waals surface area contributed by atoms with Crippen molar-refractivity contribution in [1.29, 1.82) is 0 Å². The van der Waals surface area contributed by atoms with Crippen LogP contribution in [0.3, 0.4) is 0 Å². The Morgan fingerprint density at radius 1 is 1.35 bits per heavy atom. The van der Waals surface area contributed by atoms with Gasteiger partial charge < -0.3 is 5.32 Å². The fourth-order valence-electron chi connectivity index (χ4n) is 2.13. The number of hydrogen-bond donors (Lipinski definition) is 1. The molecule has 1 fully saturated rings. The second kappa shape index (κ2) is 6.61. The van der Waals surface area contributed by atoms with Gasteiger partial charge in [-0.05, 0) is 6.54 Å². The highest BCUT2D eigenvalue weighted by Gasteiger charge is 2.31. The van der Waals surface area contributed by atoms with Crippen LogP contribution >= 0.6 is 23.5 Å². The average molecular weight is 269 g/mol. The van der Waals surface area contributed by atoms with Gasteiger partial charge in [-0.1, -0.05) is 13.8 Å². The normalized spacial score (nSPS) is 26.7. The van der Waals surface area contributed by atoms with Gasteiger partial charge in [-0.2, -0.15) is 23.5 Å². The van der Waals surface area contributed by atoms with Crippen molar-refractivity contribution < 1.29 is 0 Å². The van der Waals surface area contributed by atoms with Crippen molar-refractivity contribution in [2.75, 3.05) is 18.1 Å². The summed E-state index contributed by atoms with van der Waals surface area (Å²) in [6.45, 7) is 5.46. The van der Waals surface area contributed by atoms with Gasteiger partial charge in [0.2, 0.25) is 0 Å². The number of hydrogen-bond acceptors (Lipinski definition) is 5. The molecule has 3 nitrogen and oxygen atoms in total. The average Bonchev–Trinajstić information content (AvgIpc) is 2.38. The van der Waals surface area contributed by atoms with Gasteiger partial charge in [0.1, 0.15) is 6.33 Å². The van der Waals surface area contributed by atoms with Crippen LogP contribution in [0.15, 0.2) is 18.7 Å². The van der Waals surface area contributed by atoms with E-state index in [0.717, 1.165) is 6.54 Å². The predicted molar refractivity (Wildman–Crippen MR) is 76.6 cm³/mol. The summed E-state index contributed by atoms with van der Waals surface area (Å²) in [6, 6.07) is 0.369. The van der Waals surface area contributed by atoms with E-state index in [0.29, 0.717) is 16.5 Å². The molecule has 1 aliphatic rings. The van der Waals surface area contributed by atoms with Crippen LogP contribution in [0.1, 0.15) is 25.5 Å². The molecule has 5 heteroatoms. The SMILES string of the molecule is CCNC(c1cncnc1)C1SCCSC1C. The van der Waals surface area contributed by atoms with E-state index < -0.39 is 0 Å². The molecule has 0 amide bonds. The Balaban J connectivity index is 2.16. The zero-order chi connectivity index (χ0) is 12.1. The smallest absolute Gasteiger partial charge is 0.115 e. The van der Waals surface area contributed by atoms with Crippen LogP contribution < -0.4 is 5.32 Å². The molecule has 1 aromatic rings. The van der Waals surface area contributed by atoms with Gasteiger partial charge in [0.05, 0.1) is 0 Å². The van der Waals surface area contributed by atoms with E-state index in [-0.39, 0.29) is 0 Å². The van der Waals surface area contributed by atoms with E-state index in [2.05, 4.69) is 52.7 Å². The molecule has 1 aliphatic heterocycles. The van der Waals surface area contributed by atoms with Gasteiger partial charge in [0.15, 0.2) is 0 Å². The van der Waals surface area contributed by atoms with Crippen molar-refractivity contribution in [3.8, 4) is 0 Å². The molecule has 1 N–H and O–H groups in total. The molecule has 0 spiro atoms. The Morgan fingerprint density at radius 2 is 2.06 bits per heavy atom. The minimum atomic E-state index is 0.369. The maximum absolute atomic E-state index is 4.14. The molecule has 3 atom stereocenters. The Morgan fingerprint density at radius 3 is 2.71 bits per heavy atom. The first kappa shape index (κ1) is 13.2. The quantitative estimate of drug-likeness (QED) is 0.908. The van der Waals surface area contributed by atoms with Crippen LogP contribution in [-0.4, -0.2) is 38.5 Å². The van der Waals surface area contributed by atoms with Crippen LogP contribution in [0.5, 0.6) is 0 Å². The van der Waals surface area contributed by atoms with Gasteiger partial charge in [-0.25, -0.2) is 9.97 Å². The summed E-state index contributed by atoms with van der Waals surface area (Å²) >= 11 is 4.15. The fourth-order valence-corrected chi connectivity index (χ4v) is 5.08. The zero-order valence-corrected chi connectivity index (χ0v) is 11.9. The zero-order valence-electron chi connectivity index (χ0n) is 10.3. The first-order valence-electron chi connectivity index (χ1n) is 6.04. The van der Waals surface area contributed by atoms with Crippen LogP contribution in [0, 0.1) is 0 Å². The standard InChI is InChI=1S/C12H19N3S2/c1-3-15-11(10-6-13-8-14-7-10)12-9(2)16-4-5-17-12/h6-9,11-12,15H,3-5H2,1-2H3. The van der Waals surface area contributed by atoms with Gasteiger partial charge >= 0.3 is 0 Å². The first-order valence-corrected chi connectivity index (χ1v) is 8.14. The molecular weight excluding hydrogens is 250 g/mol. The fraction of sp³-hybridized carbons (Fsp3) is 0.667. The molecule has 0 aromatic carbocycles. The van der Waals surface area contributed by atoms with Crippen molar-refractivity contribution in [2.45, 2.75) is 30.4 Å². The lowest BCUT2D eigenvalue weighted by molar-refractivity contribution is 0.522. The van der Waals surface area contributed by atoms with Crippen LogP contribution in [0.4, 0.5) is 0 Å². The van der Waals surface area contributed by atoms with E-state index in [1.807, 2.05) is 12.4 Å². The summed E-state index contributed by atoms with van der Waals surface area (Å²) in [7, 11) is 0. The summed E-state index contributed by atoms with van der Waals surface area (Å²) in [5, 5.41) is 4.87. The van der Waals surface area contributed by atoms with Crippen molar-refractivity contribution in [3.05, 3.63) is 24.3 Å². The second-order valence-corrected chi connectivity index (χ2v) is 6.89. The molecular formula is C12H19N3S2. The molecule has 0 radical (unpaired) electrons. The molecule has 1 saturated heterocycles. The molecule has 0 aliphatic carbocycles. The van der Waals surface area contributed by atoms with E-state index >= 15 is 0 Å². The number of aromatic nitrogens is 2. The maximum atomic E-state index is 4.14. The number of rotatable bonds is 4. The maximum Gasteiger partial charge on any atom is 0.115 e. The number of nitrogens with zero attached hydrogens (tertiary/aromatic N) is 2. The predicted octanol–water partition coefficient (Wildman–Crippen LogP) is 2.36.